The summed E-state index contributed by atoms with van der Waals surface area (Å²) in [4.78, 5) is 0. The van der Waals surface area contributed by atoms with Crippen molar-refractivity contribution in [1.82, 2.24) is 0 Å². The molecule has 0 heterocycles. The Morgan fingerprint density at radius 1 is 1.45 bits per heavy atom. The first-order chi connectivity index (χ1) is 4.47. The van der Waals surface area contributed by atoms with E-state index in [2.05, 4.69) is 20.1 Å². The van der Waals surface area contributed by atoms with Crippen LogP contribution in [0.1, 0.15) is 0 Å². The fourth-order valence-corrected chi connectivity index (χ4v) is 0.447. The van der Waals surface area contributed by atoms with Gasteiger partial charge < -0.3 is 0 Å². The predicted octanol–water partition coefficient (Wildman–Crippen LogP) is -1.93. The van der Waals surface area contributed by atoms with Gasteiger partial charge in [0.05, 0.1) is 5.75 Å². The predicted molar refractivity (Wildman–Crippen MR) is 42.2 cm³/mol. The first-order valence-corrected chi connectivity index (χ1v) is 4.05. The van der Waals surface area contributed by atoms with Crippen molar-refractivity contribution >= 4 is 10.1 Å². The summed E-state index contributed by atoms with van der Waals surface area (Å²) < 4.78 is 27.3. The quantitative estimate of drug-likeness (QED) is 0.236. The number of rotatable bonds is 2. The third-order valence-corrected chi connectivity index (χ3v) is 0.985. The number of hydrogen-bond donors (Lipinski definition) is 1. The standard InChI is InChI=1S/C3H6O3S.C3H5.Na/c1-2-3-7(4,5)6;1-3-2;/h2H,1,3H2,(H,4,5,6);3H,1-2H2;/q;-1;+1. The van der Waals surface area contributed by atoms with Gasteiger partial charge in [-0.1, -0.05) is 6.08 Å². The van der Waals surface area contributed by atoms with Gasteiger partial charge in [-0.15, -0.1) is 6.58 Å². The van der Waals surface area contributed by atoms with E-state index in [0.29, 0.717) is 0 Å². The summed E-state index contributed by atoms with van der Waals surface area (Å²) in [5.41, 5.74) is 0. The van der Waals surface area contributed by atoms with Gasteiger partial charge in [0, 0.05) is 0 Å². The van der Waals surface area contributed by atoms with Crippen LogP contribution in [-0.2, 0) is 10.1 Å². The minimum Gasteiger partial charge on any atom is -0.285 e. The molecule has 60 valence electrons. The molecule has 0 atom stereocenters. The van der Waals surface area contributed by atoms with Crippen LogP contribution in [0.5, 0.6) is 0 Å². The van der Waals surface area contributed by atoms with Crippen molar-refractivity contribution in [1.29, 1.82) is 0 Å². The van der Waals surface area contributed by atoms with E-state index in [-0.39, 0.29) is 35.3 Å². The molecule has 0 aromatic heterocycles. The fraction of sp³-hybridized carbons (Fsp3) is 0.167. The molecule has 0 aliphatic carbocycles. The Labute approximate surface area is 90.2 Å². The molecular formula is C6H11NaO3S. The molecule has 0 radical (unpaired) electrons. The molecule has 0 fully saturated rings. The van der Waals surface area contributed by atoms with Crippen molar-refractivity contribution in [3.63, 3.8) is 0 Å². The van der Waals surface area contributed by atoms with Gasteiger partial charge in [0.25, 0.3) is 10.1 Å². The Kier molecular flexibility index (Phi) is 16.2. The molecule has 0 rings (SSSR count). The van der Waals surface area contributed by atoms with Gasteiger partial charge in [0.1, 0.15) is 0 Å². The van der Waals surface area contributed by atoms with E-state index in [4.69, 9.17) is 4.55 Å². The van der Waals surface area contributed by atoms with Crippen LogP contribution in [-0.4, -0.2) is 18.7 Å². The van der Waals surface area contributed by atoms with Crippen LogP contribution in [0.4, 0.5) is 0 Å². The topological polar surface area (TPSA) is 54.4 Å². The van der Waals surface area contributed by atoms with Gasteiger partial charge in [0.15, 0.2) is 0 Å². The van der Waals surface area contributed by atoms with Crippen LogP contribution in [0.2, 0.25) is 0 Å². The van der Waals surface area contributed by atoms with E-state index >= 15 is 0 Å². The number of hydrogen-bond acceptors (Lipinski definition) is 2. The van der Waals surface area contributed by atoms with Gasteiger partial charge in [-0.25, -0.2) is 19.6 Å². The number of allylic oxidation sites excluding steroid dienone is 1. The zero-order chi connectivity index (χ0) is 8.62. The maximum absolute atomic E-state index is 9.72. The molecule has 0 aromatic rings. The average molecular weight is 186 g/mol. The summed E-state index contributed by atoms with van der Waals surface area (Å²) in [6.45, 7) is 9.61. The van der Waals surface area contributed by atoms with Gasteiger partial charge in [-0.2, -0.15) is 8.42 Å². The van der Waals surface area contributed by atoms with Crippen LogP contribution in [0.3, 0.4) is 0 Å². The second-order valence-corrected chi connectivity index (χ2v) is 2.82. The monoisotopic (exact) mass is 186 g/mol. The molecule has 5 heteroatoms. The average Bonchev–Trinajstić information content (AvgIpc) is 1.63. The molecule has 0 spiro atoms. The summed E-state index contributed by atoms with van der Waals surface area (Å²) in [5, 5.41) is 0. The first kappa shape index (κ1) is 17.4. The molecule has 0 bridgehead atoms. The summed E-state index contributed by atoms with van der Waals surface area (Å²) in [6.07, 6.45) is 2.62. The fourth-order valence-electron chi connectivity index (χ4n) is 0.149. The molecule has 0 amide bonds. The summed E-state index contributed by atoms with van der Waals surface area (Å²) in [6, 6.07) is 0. The minimum atomic E-state index is -3.79. The van der Waals surface area contributed by atoms with Crippen LogP contribution in [0.25, 0.3) is 0 Å². The molecule has 3 nitrogen and oxygen atoms in total. The van der Waals surface area contributed by atoms with Crippen molar-refractivity contribution in [3.05, 3.63) is 32.2 Å². The van der Waals surface area contributed by atoms with Crippen molar-refractivity contribution in [2.24, 2.45) is 0 Å². The molecule has 0 aliphatic heterocycles. The normalized spacial score (nSPS) is 8.09. The van der Waals surface area contributed by atoms with Crippen molar-refractivity contribution in [2.45, 2.75) is 0 Å². The summed E-state index contributed by atoms with van der Waals surface area (Å²) >= 11 is 0. The summed E-state index contributed by atoms with van der Waals surface area (Å²) in [7, 11) is -3.79. The molecular weight excluding hydrogens is 175 g/mol. The zero-order valence-corrected chi connectivity index (χ0v) is 9.47. The first-order valence-electron chi connectivity index (χ1n) is 2.44. The van der Waals surface area contributed by atoms with Crippen molar-refractivity contribution < 1.29 is 42.5 Å². The second kappa shape index (κ2) is 10.3. The molecule has 11 heavy (non-hydrogen) atoms. The molecule has 1 N–H and O–H groups in total. The maximum Gasteiger partial charge on any atom is 1.00 e. The van der Waals surface area contributed by atoms with Crippen molar-refractivity contribution in [3.8, 4) is 0 Å². The zero-order valence-electron chi connectivity index (χ0n) is 6.66. The van der Waals surface area contributed by atoms with Crippen LogP contribution in [0, 0.1) is 6.92 Å². The van der Waals surface area contributed by atoms with Gasteiger partial charge in [-0.3, -0.25) is 4.55 Å². The molecule has 0 saturated heterocycles. The Morgan fingerprint density at radius 2 is 1.73 bits per heavy atom. The molecule has 0 saturated carbocycles. The van der Waals surface area contributed by atoms with Crippen LogP contribution < -0.4 is 29.6 Å². The van der Waals surface area contributed by atoms with E-state index in [1.165, 1.54) is 6.08 Å². The Morgan fingerprint density at radius 3 is 1.73 bits per heavy atom. The van der Waals surface area contributed by atoms with Crippen LogP contribution >= 0.6 is 0 Å². The largest absolute Gasteiger partial charge is 1.00 e. The third kappa shape index (κ3) is 38.6. The van der Waals surface area contributed by atoms with Crippen molar-refractivity contribution in [2.75, 3.05) is 5.75 Å². The second-order valence-electron chi connectivity index (χ2n) is 1.33. The van der Waals surface area contributed by atoms with Crippen LogP contribution in [0.15, 0.2) is 25.3 Å². The van der Waals surface area contributed by atoms with E-state index in [1.807, 2.05) is 0 Å². The van der Waals surface area contributed by atoms with Gasteiger partial charge in [-0.05, 0) is 0 Å². The van der Waals surface area contributed by atoms with Gasteiger partial charge >= 0.3 is 29.6 Å². The smallest absolute Gasteiger partial charge is 0.285 e. The third-order valence-electron chi connectivity index (χ3n) is 0.328. The SMILES string of the molecule is C=CCS(=O)(=O)O.C=C[CH2-].[Na+]. The minimum absolute atomic E-state index is 0. The Bertz CT molecular complexity index is 184. The Balaban J connectivity index is -0.000000140. The van der Waals surface area contributed by atoms with E-state index in [9.17, 15) is 8.42 Å². The van der Waals surface area contributed by atoms with E-state index in [0.717, 1.165) is 6.08 Å². The molecule has 0 unspecified atom stereocenters. The summed E-state index contributed by atoms with van der Waals surface area (Å²) in [5.74, 6) is -0.368. The maximum atomic E-state index is 9.72. The van der Waals surface area contributed by atoms with E-state index in [1.54, 1.807) is 0 Å². The molecule has 0 aromatic carbocycles. The van der Waals surface area contributed by atoms with E-state index < -0.39 is 10.1 Å². The molecule has 0 aliphatic rings. The Hall–Kier alpha value is 0.260. The van der Waals surface area contributed by atoms with Gasteiger partial charge in [0.2, 0.25) is 0 Å².